The molecule has 0 radical (unpaired) electrons. The molecule has 0 aliphatic heterocycles. The van der Waals surface area contributed by atoms with Crippen molar-refractivity contribution in [3.63, 3.8) is 0 Å². The van der Waals surface area contributed by atoms with Crippen molar-refractivity contribution < 1.29 is 19.0 Å². The van der Waals surface area contributed by atoms with E-state index in [1.807, 2.05) is 24.3 Å². The molecule has 0 unspecified atom stereocenters. The van der Waals surface area contributed by atoms with E-state index >= 15 is 0 Å². The van der Waals surface area contributed by atoms with Gasteiger partial charge in [-0.2, -0.15) is 0 Å². The van der Waals surface area contributed by atoms with Crippen molar-refractivity contribution in [1.29, 1.82) is 0 Å². The third kappa shape index (κ3) is 5.39. The second kappa shape index (κ2) is 10.1. The molecule has 0 atom stereocenters. The molecule has 0 heterocycles. The molecule has 0 bridgehead atoms. The van der Waals surface area contributed by atoms with Gasteiger partial charge in [0.2, 0.25) is 0 Å². The van der Waals surface area contributed by atoms with Crippen molar-refractivity contribution in [1.82, 2.24) is 0 Å². The zero-order valence-electron chi connectivity index (χ0n) is 15.3. The fourth-order valence-electron chi connectivity index (χ4n) is 2.33. The minimum Gasteiger partial charge on any atom is -0.493 e. The van der Waals surface area contributed by atoms with Gasteiger partial charge in [0.1, 0.15) is 0 Å². The lowest BCUT2D eigenvalue weighted by Crippen LogP contribution is -2.05. The van der Waals surface area contributed by atoms with Crippen LogP contribution in [-0.4, -0.2) is 26.3 Å². The minimum atomic E-state index is -0.311. The van der Waals surface area contributed by atoms with Crippen LogP contribution >= 0.6 is 15.9 Å². The molecule has 0 fully saturated rings. The number of esters is 1. The van der Waals surface area contributed by atoms with E-state index in [2.05, 4.69) is 28.2 Å². The second-order valence-corrected chi connectivity index (χ2v) is 6.45. The summed E-state index contributed by atoms with van der Waals surface area (Å²) in [6, 6.07) is 11.1. The van der Waals surface area contributed by atoms with Gasteiger partial charge >= 0.3 is 5.97 Å². The van der Waals surface area contributed by atoms with E-state index in [0.717, 1.165) is 27.9 Å². The molecular formula is C20H24BrNO4. The maximum Gasteiger partial charge on any atom is 0.338 e. The molecular weight excluding hydrogens is 398 g/mol. The first kappa shape index (κ1) is 20.1. The van der Waals surface area contributed by atoms with Gasteiger partial charge in [0.15, 0.2) is 11.5 Å². The number of ether oxygens (including phenoxy) is 3. The summed E-state index contributed by atoms with van der Waals surface area (Å²) >= 11 is 3.59. The van der Waals surface area contributed by atoms with Crippen LogP contribution in [0, 0.1) is 0 Å². The maximum atomic E-state index is 11.7. The molecule has 2 aromatic carbocycles. The standard InChI is InChI=1S/C20H24BrNO4/c1-4-10-26-19-12-17(21)15(11-18(19)24-3)13-22-16-8-6-14(7-9-16)20(23)25-5-2/h6-9,11-12,22H,4-5,10,13H2,1-3H3. The van der Waals surface area contributed by atoms with Gasteiger partial charge in [-0.05, 0) is 55.3 Å². The average molecular weight is 422 g/mol. The molecule has 140 valence electrons. The highest BCUT2D eigenvalue weighted by atomic mass is 79.9. The van der Waals surface area contributed by atoms with E-state index < -0.39 is 0 Å². The number of methoxy groups -OCH3 is 1. The molecule has 0 aliphatic rings. The molecule has 0 saturated heterocycles. The molecule has 26 heavy (non-hydrogen) atoms. The van der Waals surface area contributed by atoms with Gasteiger partial charge in [0.25, 0.3) is 0 Å². The Balaban J connectivity index is 2.05. The van der Waals surface area contributed by atoms with Crippen molar-refractivity contribution in [2.75, 3.05) is 25.6 Å². The molecule has 2 rings (SSSR count). The van der Waals surface area contributed by atoms with Crippen molar-refractivity contribution in [3.05, 3.63) is 52.0 Å². The lowest BCUT2D eigenvalue weighted by Gasteiger charge is -2.14. The first-order valence-corrected chi connectivity index (χ1v) is 9.38. The number of carbonyl (C=O) groups is 1. The van der Waals surface area contributed by atoms with Crippen LogP contribution in [0.25, 0.3) is 0 Å². The third-order valence-electron chi connectivity index (χ3n) is 3.67. The van der Waals surface area contributed by atoms with Gasteiger partial charge < -0.3 is 19.5 Å². The summed E-state index contributed by atoms with van der Waals surface area (Å²) < 4.78 is 17.1. The average Bonchev–Trinajstić information content (AvgIpc) is 2.66. The highest BCUT2D eigenvalue weighted by molar-refractivity contribution is 9.10. The maximum absolute atomic E-state index is 11.7. The van der Waals surface area contributed by atoms with Gasteiger partial charge in [0, 0.05) is 16.7 Å². The quantitative estimate of drug-likeness (QED) is 0.574. The van der Waals surface area contributed by atoms with Gasteiger partial charge in [-0.1, -0.05) is 22.9 Å². The van der Waals surface area contributed by atoms with Crippen LogP contribution in [0.4, 0.5) is 5.69 Å². The topological polar surface area (TPSA) is 56.8 Å². The van der Waals surface area contributed by atoms with E-state index in [-0.39, 0.29) is 5.97 Å². The Morgan fingerprint density at radius 2 is 1.85 bits per heavy atom. The number of anilines is 1. The highest BCUT2D eigenvalue weighted by Gasteiger charge is 2.11. The van der Waals surface area contributed by atoms with Crippen LogP contribution in [0.1, 0.15) is 36.2 Å². The number of halogens is 1. The lowest BCUT2D eigenvalue weighted by molar-refractivity contribution is 0.0526. The molecule has 0 amide bonds. The summed E-state index contributed by atoms with van der Waals surface area (Å²) in [6.07, 6.45) is 0.936. The first-order valence-electron chi connectivity index (χ1n) is 8.59. The van der Waals surface area contributed by atoms with E-state index in [4.69, 9.17) is 14.2 Å². The molecule has 0 aliphatic carbocycles. The van der Waals surface area contributed by atoms with Crippen LogP contribution in [0.15, 0.2) is 40.9 Å². The van der Waals surface area contributed by atoms with E-state index in [1.54, 1.807) is 26.2 Å². The summed E-state index contributed by atoms with van der Waals surface area (Å²) in [5.74, 6) is 1.12. The van der Waals surface area contributed by atoms with Gasteiger partial charge in [-0.25, -0.2) is 4.79 Å². The van der Waals surface area contributed by atoms with Crippen molar-refractivity contribution in [3.8, 4) is 11.5 Å². The Labute approximate surface area is 162 Å². The van der Waals surface area contributed by atoms with E-state index in [9.17, 15) is 4.79 Å². The lowest BCUT2D eigenvalue weighted by atomic mass is 10.1. The summed E-state index contributed by atoms with van der Waals surface area (Å²) in [5.41, 5.74) is 2.49. The molecule has 2 aromatic rings. The van der Waals surface area contributed by atoms with Gasteiger partial charge in [0.05, 0.1) is 25.9 Å². The Kier molecular flexibility index (Phi) is 7.78. The number of hydrogen-bond donors (Lipinski definition) is 1. The molecule has 0 aromatic heterocycles. The SMILES string of the molecule is CCCOc1cc(Br)c(CNc2ccc(C(=O)OCC)cc2)cc1OC. The van der Waals surface area contributed by atoms with Crippen LogP contribution in [0.2, 0.25) is 0 Å². The summed E-state index contributed by atoms with van der Waals surface area (Å²) in [6.45, 7) is 5.47. The molecule has 0 spiro atoms. The zero-order valence-corrected chi connectivity index (χ0v) is 16.9. The molecule has 6 heteroatoms. The summed E-state index contributed by atoms with van der Waals surface area (Å²) in [5, 5.41) is 3.34. The van der Waals surface area contributed by atoms with Crippen molar-refractivity contribution >= 4 is 27.6 Å². The van der Waals surface area contributed by atoms with E-state index in [1.165, 1.54) is 0 Å². The van der Waals surface area contributed by atoms with Gasteiger partial charge in [-0.3, -0.25) is 0 Å². The number of nitrogens with one attached hydrogen (secondary N) is 1. The predicted octanol–water partition coefficient (Wildman–Crippen LogP) is 5.04. The normalized spacial score (nSPS) is 10.3. The number of benzene rings is 2. The third-order valence-corrected chi connectivity index (χ3v) is 4.41. The second-order valence-electron chi connectivity index (χ2n) is 5.59. The number of rotatable bonds is 9. The summed E-state index contributed by atoms with van der Waals surface area (Å²) in [4.78, 5) is 11.7. The number of hydrogen-bond acceptors (Lipinski definition) is 5. The van der Waals surface area contributed by atoms with Crippen molar-refractivity contribution in [2.24, 2.45) is 0 Å². The Morgan fingerprint density at radius 1 is 1.12 bits per heavy atom. The fourth-order valence-corrected chi connectivity index (χ4v) is 2.80. The monoisotopic (exact) mass is 421 g/mol. The number of carbonyl (C=O) groups excluding carboxylic acids is 1. The van der Waals surface area contributed by atoms with Gasteiger partial charge in [-0.15, -0.1) is 0 Å². The van der Waals surface area contributed by atoms with Crippen LogP contribution in [0.3, 0.4) is 0 Å². The molecule has 0 saturated carbocycles. The van der Waals surface area contributed by atoms with Crippen LogP contribution < -0.4 is 14.8 Å². The van der Waals surface area contributed by atoms with Crippen LogP contribution in [-0.2, 0) is 11.3 Å². The Morgan fingerprint density at radius 3 is 2.46 bits per heavy atom. The zero-order chi connectivity index (χ0) is 18.9. The van der Waals surface area contributed by atoms with Crippen LogP contribution in [0.5, 0.6) is 11.5 Å². The molecule has 1 N–H and O–H groups in total. The van der Waals surface area contributed by atoms with Crippen molar-refractivity contribution in [2.45, 2.75) is 26.8 Å². The largest absolute Gasteiger partial charge is 0.493 e. The Bertz CT molecular complexity index is 731. The van der Waals surface area contributed by atoms with E-state index in [0.29, 0.717) is 31.1 Å². The summed E-state index contributed by atoms with van der Waals surface area (Å²) in [7, 11) is 1.63. The minimum absolute atomic E-state index is 0.311. The Hall–Kier alpha value is -2.21. The first-order chi connectivity index (χ1) is 12.6. The predicted molar refractivity (Wildman–Crippen MR) is 106 cm³/mol. The smallest absolute Gasteiger partial charge is 0.338 e. The molecule has 5 nitrogen and oxygen atoms in total. The fraction of sp³-hybridized carbons (Fsp3) is 0.350. The highest BCUT2D eigenvalue weighted by Crippen LogP contribution is 2.34.